The monoisotopic (exact) mass is 470 g/mol. The Bertz CT molecular complexity index is 993. The van der Waals surface area contributed by atoms with Crippen LogP contribution in [0, 0.1) is 5.92 Å². The van der Waals surface area contributed by atoms with Crippen molar-refractivity contribution in [2.75, 3.05) is 26.4 Å². The molecule has 3 rings (SSSR count). The summed E-state index contributed by atoms with van der Waals surface area (Å²) in [6.07, 6.45) is 1.26. The second kappa shape index (κ2) is 8.43. The Kier molecular flexibility index (Phi) is 6.08. The number of carboxylic acids is 1. The molecular weight excluding hydrogens is 452 g/mol. The van der Waals surface area contributed by atoms with Gasteiger partial charge in [0.1, 0.15) is 18.2 Å². The first-order valence-electron chi connectivity index (χ1n) is 8.59. The van der Waals surface area contributed by atoms with Crippen molar-refractivity contribution in [3.05, 3.63) is 22.8 Å². The van der Waals surface area contributed by atoms with Gasteiger partial charge in [-0.2, -0.15) is 0 Å². The summed E-state index contributed by atoms with van der Waals surface area (Å²) in [5.74, 6) is -4.14. The number of aromatic nitrogens is 1. The summed E-state index contributed by atoms with van der Waals surface area (Å²) in [5.41, 5.74) is 6.22. The van der Waals surface area contributed by atoms with Gasteiger partial charge in [-0.1, -0.05) is 16.9 Å². The molecule has 3 amide bonds. The molecule has 0 bridgehead atoms. The van der Waals surface area contributed by atoms with Crippen LogP contribution in [0.1, 0.15) is 5.69 Å². The maximum Gasteiger partial charge on any atom is 0.409 e. The van der Waals surface area contributed by atoms with Crippen LogP contribution in [0.25, 0.3) is 0 Å². The highest BCUT2D eigenvalue weighted by atomic mass is 32.2. The Morgan fingerprint density at radius 2 is 2.19 bits per heavy atom. The lowest BCUT2D eigenvalue weighted by molar-refractivity contribution is -0.161. The van der Waals surface area contributed by atoms with Gasteiger partial charge in [0.15, 0.2) is 15.9 Å². The first-order valence-corrected chi connectivity index (χ1v) is 10.4. The fourth-order valence-electron chi connectivity index (χ4n) is 3.01. The number of hydrogen-bond donors (Lipinski definition) is 4. The number of thiazole rings is 1. The molecule has 2 aliphatic heterocycles. The predicted octanol–water partition coefficient (Wildman–Crippen LogP) is -0.348. The van der Waals surface area contributed by atoms with E-state index >= 15 is 0 Å². The molecule has 1 saturated heterocycles. The molecule has 1 fully saturated rings. The molecule has 13 nitrogen and oxygen atoms in total. The van der Waals surface area contributed by atoms with Crippen LogP contribution in [0.3, 0.4) is 0 Å². The molecule has 1 unspecified atom stereocenters. The maximum absolute atomic E-state index is 12.3. The highest BCUT2D eigenvalue weighted by Crippen LogP contribution is 2.53. The van der Waals surface area contributed by atoms with Crippen LogP contribution in [0.5, 0.6) is 0 Å². The lowest BCUT2D eigenvalue weighted by Crippen LogP contribution is -2.65. The number of anilines is 1. The van der Waals surface area contributed by atoms with Gasteiger partial charge in [-0.15, -0.1) is 11.3 Å². The zero-order valence-corrected chi connectivity index (χ0v) is 17.8. The van der Waals surface area contributed by atoms with E-state index in [4.69, 9.17) is 15.7 Å². The normalized spacial score (nSPS) is 24.8. The third kappa shape index (κ3) is 4.00. The molecule has 3 heterocycles. The number of oxime groups is 1. The number of carbonyl (C=O) groups excluding carboxylic acids is 3. The average molecular weight is 470 g/mol. The van der Waals surface area contributed by atoms with Crippen molar-refractivity contribution >= 4 is 58.3 Å². The van der Waals surface area contributed by atoms with Crippen molar-refractivity contribution < 1.29 is 34.2 Å². The summed E-state index contributed by atoms with van der Waals surface area (Å²) in [6.45, 7) is -0.355. The van der Waals surface area contributed by atoms with Crippen LogP contribution in [0.2, 0.25) is 0 Å². The second-order valence-electron chi connectivity index (χ2n) is 6.66. The van der Waals surface area contributed by atoms with E-state index in [0.29, 0.717) is 6.21 Å². The van der Waals surface area contributed by atoms with E-state index in [1.54, 1.807) is 5.38 Å². The Labute approximate surface area is 183 Å². The fourth-order valence-corrected chi connectivity index (χ4v) is 5.35. The number of nitrogens with one attached hydrogen (secondary N) is 1. The van der Waals surface area contributed by atoms with Gasteiger partial charge < -0.3 is 35.9 Å². The summed E-state index contributed by atoms with van der Waals surface area (Å²) >= 11 is 2.00. The Morgan fingerprint density at radius 1 is 1.48 bits per heavy atom. The third-order valence-corrected chi connectivity index (χ3v) is 6.81. The molecule has 5 N–H and O–H groups in total. The molecular formula is C16H18N6O7S2. The van der Waals surface area contributed by atoms with Crippen molar-refractivity contribution in [2.45, 2.75) is 10.2 Å². The molecule has 1 aromatic heterocycles. The van der Waals surface area contributed by atoms with Crippen molar-refractivity contribution in [3.8, 4) is 0 Å². The minimum atomic E-state index is -1.55. The van der Waals surface area contributed by atoms with Gasteiger partial charge in [0.25, 0.3) is 5.91 Å². The summed E-state index contributed by atoms with van der Waals surface area (Å²) in [6, 6.07) is 0. The standard InChI is InChI=1S/C16H18N6O7S2/c1-21(2)15(27)29-5-7-4-22-11(24)10(13(25)26)12(22)31-16(7,20-9(23)3-18-28)8-6-30-14(17)19-8/h3-4,6,10,12,28H,5H2,1-2H3,(H2,17,19)(H,20,23)(H,25,26)/b18-3-/t10-,12+,16?/m1/s1. The number of hydrogen-bond acceptors (Lipinski definition) is 11. The summed E-state index contributed by atoms with van der Waals surface area (Å²) < 4.78 is 5.25. The summed E-state index contributed by atoms with van der Waals surface area (Å²) in [4.78, 5) is 53.2. The van der Waals surface area contributed by atoms with Gasteiger partial charge in [-0.05, 0) is 0 Å². The van der Waals surface area contributed by atoms with Gasteiger partial charge in [-0.3, -0.25) is 14.4 Å². The molecule has 15 heteroatoms. The van der Waals surface area contributed by atoms with Gasteiger partial charge in [0, 0.05) is 31.2 Å². The number of rotatable bonds is 6. The molecule has 166 valence electrons. The van der Waals surface area contributed by atoms with Crippen LogP contribution in [-0.2, 0) is 24.0 Å². The summed E-state index contributed by atoms with van der Waals surface area (Å²) in [5, 5.41) is 24.3. The van der Waals surface area contributed by atoms with E-state index in [1.165, 1.54) is 30.1 Å². The highest BCUT2D eigenvalue weighted by Gasteiger charge is 2.60. The van der Waals surface area contributed by atoms with Gasteiger partial charge in [0.2, 0.25) is 5.91 Å². The number of fused-ring (bicyclic) bond motifs is 1. The zero-order valence-electron chi connectivity index (χ0n) is 16.2. The highest BCUT2D eigenvalue weighted by molar-refractivity contribution is 8.01. The molecule has 0 spiro atoms. The Morgan fingerprint density at radius 3 is 2.74 bits per heavy atom. The maximum atomic E-state index is 12.3. The first-order chi connectivity index (χ1) is 14.6. The van der Waals surface area contributed by atoms with Gasteiger partial charge in [-0.25, -0.2) is 9.78 Å². The molecule has 1 aromatic rings. The Hall–Kier alpha value is -3.33. The number of ether oxygens (including phenoxy) is 1. The minimum absolute atomic E-state index is 0.173. The quantitative estimate of drug-likeness (QED) is 0.141. The average Bonchev–Trinajstić information content (AvgIpc) is 3.13. The SMILES string of the molecule is CN(C)C(=O)OCC1=CN2C(=O)[C@@H](C(=O)O)[C@@H]2SC1(NC(=O)/C=N\O)c1csc(N)n1. The van der Waals surface area contributed by atoms with E-state index in [1.807, 2.05) is 0 Å². The predicted molar refractivity (Wildman–Crippen MR) is 109 cm³/mol. The first kappa shape index (κ1) is 22.4. The van der Waals surface area contributed by atoms with Crippen LogP contribution in [0.15, 0.2) is 22.3 Å². The second-order valence-corrected chi connectivity index (χ2v) is 8.88. The van der Waals surface area contributed by atoms with Crippen molar-refractivity contribution in [1.29, 1.82) is 0 Å². The lowest BCUT2D eigenvalue weighted by atomic mass is 9.96. The van der Waals surface area contributed by atoms with Crippen molar-refractivity contribution in [1.82, 2.24) is 20.1 Å². The topological polar surface area (TPSA) is 188 Å². The number of carboxylic acid groups (broad SMARTS) is 1. The van der Waals surface area contributed by atoms with E-state index in [0.717, 1.165) is 23.1 Å². The molecule has 31 heavy (non-hydrogen) atoms. The van der Waals surface area contributed by atoms with E-state index in [-0.39, 0.29) is 23.0 Å². The van der Waals surface area contributed by atoms with Crippen molar-refractivity contribution in [3.63, 3.8) is 0 Å². The van der Waals surface area contributed by atoms with Crippen LogP contribution < -0.4 is 11.1 Å². The van der Waals surface area contributed by atoms with E-state index < -0.39 is 40.0 Å². The number of carbonyl (C=O) groups is 4. The van der Waals surface area contributed by atoms with Gasteiger partial charge >= 0.3 is 12.1 Å². The molecule has 0 aromatic carbocycles. The summed E-state index contributed by atoms with van der Waals surface area (Å²) in [7, 11) is 2.96. The number of nitrogens with zero attached hydrogens (tertiary/aromatic N) is 4. The van der Waals surface area contributed by atoms with Crippen molar-refractivity contribution in [2.24, 2.45) is 11.1 Å². The Balaban J connectivity index is 2.09. The van der Waals surface area contributed by atoms with Crippen LogP contribution in [-0.4, -0.2) is 81.3 Å². The number of aliphatic carboxylic acids is 1. The zero-order chi connectivity index (χ0) is 22.9. The lowest BCUT2D eigenvalue weighted by Gasteiger charge is -2.51. The van der Waals surface area contributed by atoms with Gasteiger partial charge in [0.05, 0.1) is 5.69 Å². The number of amides is 3. The molecule has 2 aliphatic rings. The number of β-lactam (4-membered cyclic amide) rings is 1. The third-order valence-electron chi connectivity index (χ3n) is 4.46. The van der Waals surface area contributed by atoms with E-state index in [2.05, 4.69) is 15.5 Å². The van der Waals surface area contributed by atoms with Crippen LogP contribution >= 0.6 is 23.1 Å². The molecule has 3 atom stereocenters. The number of nitrogen functional groups attached to an aromatic ring is 1. The number of nitrogens with two attached hydrogens (primary N) is 1. The number of thioether (sulfide) groups is 1. The molecule has 0 aliphatic carbocycles. The van der Waals surface area contributed by atoms with E-state index in [9.17, 15) is 24.3 Å². The largest absolute Gasteiger partial charge is 0.481 e. The molecule has 0 radical (unpaired) electrons. The fraction of sp³-hybridized carbons (Fsp3) is 0.375. The minimum Gasteiger partial charge on any atom is -0.481 e. The van der Waals surface area contributed by atoms with Crippen LogP contribution in [0.4, 0.5) is 9.93 Å². The molecule has 0 saturated carbocycles. The smallest absolute Gasteiger partial charge is 0.409 e.